The van der Waals surface area contributed by atoms with Crippen LogP contribution in [0.4, 0.5) is 8.78 Å². The number of nitrogens with two attached hydrogens (primary N) is 1. The Kier molecular flexibility index (Phi) is 2.73. The monoisotopic (exact) mass is 173 g/mol. The van der Waals surface area contributed by atoms with Crippen molar-refractivity contribution in [3.8, 4) is 0 Å². The highest BCUT2D eigenvalue weighted by Gasteiger charge is 2.13. The molecule has 0 spiro atoms. The Labute approximate surface area is 68.6 Å². The van der Waals surface area contributed by atoms with E-state index in [0.717, 1.165) is 6.07 Å². The molecule has 0 amide bonds. The van der Waals surface area contributed by atoms with Crippen molar-refractivity contribution in [3.63, 3.8) is 0 Å². The lowest BCUT2D eigenvalue weighted by atomic mass is 10.1. The van der Waals surface area contributed by atoms with Gasteiger partial charge >= 0.3 is 0 Å². The second-order valence-corrected chi connectivity index (χ2v) is 2.39. The Morgan fingerprint density at radius 3 is 2.67 bits per heavy atom. The zero-order valence-electron chi connectivity index (χ0n) is 6.30. The molecule has 0 aliphatic carbocycles. The number of benzene rings is 1. The second-order valence-electron chi connectivity index (χ2n) is 2.39. The lowest BCUT2D eigenvalue weighted by Gasteiger charge is -2.08. The summed E-state index contributed by atoms with van der Waals surface area (Å²) in [6.45, 7) is -0.125. The maximum Gasteiger partial charge on any atom is 0.164 e. The summed E-state index contributed by atoms with van der Waals surface area (Å²) in [6.07, 6.45) is -1.14. The molecule has 1 rings (SSSR count). The molecule has 0 saturated heterocycles. The quantitative estimate of drug-likeness (QED) is 0.699. The molecule has 1 atom stereocenters. The lowest BCUT2D eigenvalue weighted by molar-refractivity contribution is 0.180. The maximum atomic E-state index is 12.8. The van der Waals surface area contributed by atoms with Crippen molar-refractivity contribution >= 4 is 0 Å². The van der Waals surface area contributed by atoms with Crippen molar-refractivity contribution in [2.75, 3.05) is 6.54 Å². The molecule has 4 heteroatoms. The van der Waals surface area contributed by atoms with Gasteiger partial charge in [-0.05, 0) is 6.07 Å². The van der Waals surface area contributed by atoms with Crippen molar-refractivity contribution in [3.05, 3.63) is 35.4 Å². The van der Waals surface area contributed by atoms with E-state index in [1.165, 1.54) is 12.1 Å². The summed E-state index contributed by atoms with van der Waals surface area (Å²) in [5.74, 6) is -2.00. The number of rotatable bonds is 2. The summed E-state index contributed by atoms with van der Waals surface area (Å²) in [4.78, 5) is 0. The van der Waals surface area contributed by atoms with Gasteiger partial charge in [-0.3, -0.25) is 0 Å². The minimum Gasteiger partial charge on any atom is -0.387 e. The van der Waals surface area contributed by atoms with E-state index < -0.39 is 17.7 Å². The first-order chi connectivity index (χ1) is 5.66. The maximum absolute atomic E-state index is 12.8. The normalized spacial score (nSPS) is 13.0. The van der Waals surface area contributed by atoms with E-state index in [1.807, 2.05) is 0 Å². The number of halogens is 2. The van der Waals surface area contributed by atoms with E-state index in [9.17, 15) is 8.78 Å². The van der Waals surface area contributed by atoms with Crippen LogP contribution in [0.2, 0.25) is 0 Å². The molecule has 66 valence electrons. The van der Waals surface area contributed by atoms with Gasteiger partial charge in [-0.2, -0.15) is 0 Å². The molecule has 1 aromatic carbocycles. The number of hydrogen-bond donors (Lipinski definition) is 2. The molecule has 0 fully saturated rings. The molecule has 2 nitrogen and oxygen atoms in total. The lowest BCUT2D eigenvalue weighted by Crippen LogP contribution is -2.13. The van der Waals surface area contributed by atoms with Crippen LogP contribution in [0, 0.1) is 11.6 Å². The Balaban J connectivity index is 3.07. The highest BCUT2D eigenvalue weighted by Crippen LogP contribution is 2.17. The van der Waals surface area contributed by atoms with Crippen molar-refractivity contribution < 1.29 is 13.9 Å². The SMILES string of the molecule is NCC(O)c1cccc(F)c1F. The van der Waals surface area contributed by atoms with Crippen LogP contribution < -0.4 is 5.73 Å². The van der Waals surface area contributed by atoms with Gasteiger partial charge in [-0.15, -0.1) is 0 Å². The summed E-state index contributed by atoms with van der Waals surface area (Å²) in [5, 5.41) is 9.10. The van der Waals surface area contributed by atoms with Crippen molar-refractivity contribution in [1.29, 1.82) is 0 Å². The summed E-state index contributed by atoms with van der Waals surface area (Å²) in [5.41, 5.74) is 4.98. The van der Waals surface area contributed by atoms with Gasteiger partial charge in [0.25, 0.3) is 0 Å². The van der Waals surface area contributed by atoms with E-state index in [2.05, 4.69) is 0 Å². The van der Waals surface area contributed by atoms with Crippen LogP contribution in [0.5, 0.6) is 0 Å². The van der Waals surface area contributed by atoms with Crippen LogP contribution in [0.3, 0.4) is 0 Å². The van der Waals surface area contributed by atoms with Gasteiger partial charge in [0.15, 0.2) is 11.6 Å². The summed E-state index contributed by atoms with van der Waals surface area (Å²) in [7, 11) is 0. The summed E-state index contributed by atoms with van der Waals surface area (Å²) >= 11 is 0. The van der Waals surface area contributed by atoms with Crippen LogP contribution in [0.15, 0.2) is 18.2 Å². The van der Waals surface area contributed by atoms with Gasteiger partial charge in [0.05, 0.1) is 6.10 Å². The van der Waals surface area contributed by atoms with Crippen LogP contribution in [0.1, 0.15) is 11.7 Å². The fraction of sp³-hybridized carbons (Fsp3) is 0.250. The fourth-order valence-electron chi connectivity index (χ4n) is 0.905. The van der Waals surface area contributed by atoms with E-state index in [-0.39, 0.29) is 12.1 Å². The molecular formula is C8H9F2NO. The third kappa shape index (κ3) is 1.60. The second kappa shape index (κ2) is 3.60. The first-order valence-electron chi connectivity index (χ1n) is 3.49. The Morgan fingerprint density at radius 2 is 2.08 bits per heavy atom. The van der Waals surface area contributed by atoms with Crippen LogP contribution in [-0.4, -0.2) is 11.7 Å². The minimum absolute atomic E-state index is 0.0995. The van der Waals surface area contributed by atoms with Gasteiger partial charge in [-0.1, -0.05) is 12.1 Å². The Morgan fingerprint density at radius 1 is 1.42 bits per heavy atom. The zero-order valence-corrected chi connectivity index (χ0v) is 6.30. The van der Waals surface area contributed by atoms with Crippen molar-refractivity contribution in [2.24, 2.45) is 5.73 Å². The van der Waals surface area contributed by atoms with Crippen LogP contribution in [0.25, 0.3) is 0 Å². The number of aliphatic hydroxyl groups is 1. The molecule has 12 heavy (non-hydrogen) atoms. The molecule has 1 unspecified atom stereocenters. The molecule has 0 aromatic heterocycles. The number of hydrogen-bond acceptors (Lipinski definition) is 2. The van der Waals surface area contributed by atoms with Crippen molar-refractivity contribution in [1.82, 2.24) is 0 Å². The van der Waals surface area contributed by atoms with Gasteiger partial charge in [0.1, 0.15) is 0 Å². The van der Waals surface area contributed by atoms with Crippen LogP contribution in [-0.2, 0) is 0 Å². The zero-order chi connectivity index (χ0) is 9.14. The standard InChI is InChI=1S/C8H9F2NO/c9-6-3-1-2-5(8(6)10)7(12)4-11/h1-3,7,12H,4,11H2. The van der Waals surface area contributed by atoms with E-state index >= 15 is 0 Å². The average molecular weight is 173 g/mol. The third-order valence-corrected chi connectivity index (χ3v) is 1.56. The molecule has 0 heterocycles. The largest absolute Gasteiger partial charge is 0.387 e. The van der Waals surface area contributed by atoms with Gasteiger partial charge in [-0.25, -0.2) is 8.78 Å². The molecular weight excluding hydrogens is 164 g/mol. The summed E-state index contributed by atoms with van der Waals surface area (Å²) in [6, 6.07) is 3.62. The minimum atomic E-state index is -1.14. The predicted octanol–water partition coefficient (Wildman–Crippen LogP) is 0.957. The molecule has 1 aromatic rings. The topological polar surface area (TPSA) is 46.2 Å². The van der Waals surface area contributed by atoms with E-state index in [0.29, 0.717) is 0 Å². The fourth-order valence-corrected chi connectivity index (χ4v) is 0.905. The van der Waals surface area contributed by atoms with Gasteiger partial charge < -0.3 is 10.8 Å². The van der Waals surface area contributed by atoms with Crippen molar-refractivity contribution in [2.45, 2.75) is 6.10 Å². The molecule has 0 aliphatic heterocycles. The van der Waals surface area contributed by atoms with Gasteiger partial charge in [0, 0.05) is 12.1 Å². The number of aliphatic hydroxyl groups excluding tert-OH is 1. The van der Waals surface area contributed by atoms with E-state index in [4.69, 9.17) is 10.8 Å². The molecule has 3 N–H and O–H groups in total. The molecule has 0 bridgehead atoms. The average Bonchev–Trinajstić information content (AvgIpc) is 2.08. The van der Waals surface area contributed by atoms with Crippen LogP contribution >= 0.6 is 0 Å². The molecule has 0 aliphatic rings. The predicted molar refractivity (Wildman–Crippen MR) is 40.4 cm³/mol. The first-order valence-corrected chi connectivity index (χ1v) is 3.49. The smallest absolute Gasteiger partial charge is 0.164 e. The Hall–Kier alpha value is -1.00. The Bertz CT molecular complexity index is 278. The highest BCUT2D eigenvalue weighted by molar-refractivity contribution is 5.21. The van der Waals surface area contributed by atoms with Gasteiger partial charge in [0.2, 0.25) is 0 Å². The third-order valence-electron chi connectivity index (χ3n) is 1.56. The van der Waals surface area contributed by atoms with E-state index in [1.54, 1.807) is 0 Å². The molecule has 0 saturated carbocycles. The molecule has 0 radical (unpaired) electrons. The summed E-state index contributed by atoms with van der Waals surface area (Å²) < 4.78 is 25.4. The highest BCUT2D eigenvalue weighted by atomic mass is 19.2. The first kappa shape index (κ1) is 9.09.